The third kappa shape index (κ3) is 8.64. The third-order valence-electron chi connectivity index (χ3n) is 9.09. The molecule has 6 aromatic carbocycles. The number of carboxylic acids is 2. The first-order chi connectivity index (χ1) is 24.5. The molecule has 0 spiro atoms. The smallest absolute Gasteiger partial charge is 0.112 e. The second-order valence-electron chi connectivity index (χ2n) is 12.1. The molecule has 0 radical (unpaired) electrons. The van der Waals surface area contributed by atoms with E-state index in [9.17, 15) is 0 Å². The van der Waals surface area contributed by atoms with Crippen molar-refractivity contribution < 1.29 is 19.8 Å². The summed E-state index contributed by atoms with van der Waals surface area (Å²) in [5.41, 5.74) is 0. The lowest BCUT2D eigenvalue weighted by Crippen LogP contribution is -2.42. The van der Waals surface area contributed by atoms with Gasteiger partial charge in [0.05, 0.1) is 24.3 Å². The Kier molecular flexibility index (Phi) is 13.3. The number of benzene rings is 6. The second-order valence-corrected chi connectivity index (χ2v) is 19.3. The highest BCUT2D eigenvalue weighted by molar-refractivity contribution is 7.96. The summed E-state index contributed by atoms with van der Waals surface area (Å²) in [5.74, 6) is -4.37. The molecule has 0 unspecified atom stereocenters. The molecule has 6 rings (SSSR count). The summed E-state index contributed by atoms with van der Waals surface area (Å²) in [4.78, 5) is 17.9. The summed E-state index contributed by atoms with van der Waals surface area (Å²) in [6, 6.07) is 67.9. The van der Waals surface area contributed by atoms with Gasteiger partial charge in [-0.1, -0.05) is 109 Å². The van der Waals surface area contributed by atoms with E-state index >= 15 is 0 Å². The summed E-state index contributed by atoms with van der Waals surface area (Å²) in [6.45, 7) is 0. The standard InChI is InChI=1S/C42H42P2.C2H2O4/c1(21-35-43(37-23-9-3-10-24-37,38-25-11-4-12-26-38)39-27-13-5-14-28-39)2-22-36-44(40-29-15-6-16-30-40,41-31-17-7-18-32-41)42-33-19-8-20-34-42;3-1(4)2(5)6/h3-20,23-34H,1-2,21-22,35-36H2;(H,3,4)(H,5,6)/q+2;/p-2. The van der Waals surface area contributed by atoms with Crippen molar-refractivity contribution >= 4 is 58.3 Å². The van der Waals surface area contributed by atoms with Crippen LogP contribution in [0.1, 0.15) is 25.7 Å². The molecule has 50 heavy (non-hydrogen) atoms. The average molecular weight is 697 g/mol. The Balaban J connectivity index is 0.000000745. The fraction of sp³-hybridized carbons (Fsp3) is 0.136. The predicted octanol–water partition coefficient (Wildman–Crippen LogP) is 5.02. The highest BCUT2D eigenvalue weighted by Gasteiger charge is 2.46. The van der Waals surface area contributed by atoms with Crippen molar-refractivity contribution in [2.75, 3.05) is 12.3 Å². The lowest BCUT2D eigenvalue weighted by molar-refractivity contribution is -0.345. The first-order valence-corrected chi connectivity index (χ1v) is 21.0. The van der Waals surface area contributed by atoms with Crippen molar-refractivity contribution in [2.24, 2.45) is 0 Å². The molecule has 0 aliphatic rings. The first-order valence-electron chi connectivity index (χ1n) is 17.0. The largest absolute Gasteiger partial charge is 0.543 e. The van der Waals surface area contributed by atoms with Crippen LogP contribution in [0.25, 0.3) is 0 Å². The molecule has 0 saturated carbocycles. The minimum Gasteiger partial charge on any atom is -0.543 e. The Bertz CT molecular complexity index is 1550. The van der Waals surface area contributed by atoms with Crippen molar-refractivity contribution in [3.05, 3.63) is 182 Å². The minimum atomic E-state index is -2.19. The number of hydrogen-bond acceptors (Lipinski definition) is 4. The molecule has 0 aliphatic carbocycles. The molecule has 0 amide bonds. The van der Waals surface area contributed by atoms with E-state index in [0.29, 0.717) is 0 Å². The van der Waals surface area contributed by atoms with Gasteiger partial charge in [-0.2, -0.15) is 0 Å². The van der Waals surface area contributed by atoms with Crippen LogP contribution < -0.4 is 42.0 Å². The summed E-state index contributed by atoms with van der Waals surface area (Å²) < 4.78 is 0. The minimum absolute atomic E-state index is 1.20. The lowest BCUT2D eigenvalue weighted by Gasteiger charge is -2.28. The van der Waals surface area contributed by atoms with Crippen LogP contribution in [0.15, 0.2) is 182 Å². The van der Waals surface area contributed by atoms with Gasteiger partial charge in [0.15, 0.2) is 0 Å². The van der Waals surface area contributed by atoms with Crippen LogP contribution in [0.2, 0.25) is 0 Å². The third-order valence-corrected chi connectivity index (χ3v) is 18.1. The summed E-state index contributed by atoms with van der Waals surface area (Å²) in [6.07, 6.45) is 7.32. The quantitative estimate of drug-likeness (QED) is 0.0966. The van der Waals surface area contributed by atoms with Gasteiger partial charge in [0.25, 0.3) is 0 Å². The molecule has 0 N–H and O–H groups in total. The number of rotatable bonds is 13. The van der Waals surface area contributed by atoms with Crippen LogP contribution in [-0.4, -0.2) is 24.3 Å². The zero-order valence-electron chi connectivity index (χ0n) is 28.1. The van der Waals surface area contributed by atoms with Crippen LogP contribution in [0, 0.1) is 0 Å². The highest BCUT2D eigenvalue weighted by Crippen LogP contribution is 2.57. The normalized spacial score (nSPS) is 11.2. The number of hydrogen-bond donors (Lipinski definition) is 0. The summed E-state index contributed by atoms with van der Waals surface area (Å²) >= 11 is 0. The van der Waals surface area contributed by atoms with Crippen molar-refractivity contribution in [3.63, 3.8) is 0 Å². The number of carbonyl (C=O) groups excluding carboxylic acids is 2. The zero-order valence-corrected chi connectivity index (χ0v) is 29.9. The highest BCUT2D eigenvalue weighted by atomic mass is 31.2. The molecule has 252 valence electrons. The van der Waals surface area contributed by atoms with Gasteiger partial charge in [-0.15, -0.1) is 0 Å². The topological polar surface area (TPSA) is 80.3 Å². The Morgan fingerprint density at radius 3 is 0.660 bits per heavy atom. The van der Waals surface area contributed by atoms with Gasteiger partial charge < -0.3 is 19.8 Å². The van der Waals surface area contributed by atoms with E-state index in [1.807, 2.05) is 0 Å². The van der Waals surface area contributed by atoms with Crippen LogP contribution in [-0.2, 0) is 9.59 Å². The number of carboxylic acid groups (broad SMARTS) is 2. The van der Waals surface area contributed by atoms with Crippen molar-refractivity contribution in [1.82, 2.24) is 0 Å². The van der Waals surface area contributed by atoms with E-state index in [4.69, 9.17) is 19.8 Å². The number of aliphatic carboxylic acids is 2. The van der Waals surface area contributed by atoms with E-state index in [-0.39, 0.29) is 0 Å². The molecule has 0 saturated heterocycles. The van der Waals surface area contributed by atoms with Gasteiger partial charge in [0, 0.05) is 0 Å². The SMILES string of the molecule is O=C([O-])C(=O)[O-].c1ccc([P+](CCCCCC[P+](c2ccccc2)(c2ccccc2)c2ccccc2)(c2ccccc2)c2ccccc2)cc1. The molecule has 0 aromatic heterocycles. The van der Waals surface area contributed by atoms with Gasteiger partial charge >= 0.3 is 0 Å². The molecule has 4 nitrogen and oxygen atoms in total. The van der Waals surface area contributed by atoms with Gasteiger partial charge in [0.1, 0.15) is 46.4 Å². The maximum Gasteiger partial charge on any atom is 0.112 e. The van der Waals surface area contributed by atoms with E-state index in [1.165, 1.54) is 69.8 Å². The molecule has 0 aliphatic heterocycles. The Morgan fingerprint density at radius 2 is 0.500 bits per heavy atom. The molecule has 0 bridgehead atoms. The van der Waals surface area contributed by atoms with Gasteiger partial charge in [0.2, 0.25) is 0 Å². The maximum atomic E-state index is 8.93. The Morgan fingerprint density at radius 1 is 0.320 bits per heavy atom. The molecule has 0 fully saturated rings. The van der Waals surface area contributed by atoms with Gasteiger partial charge in [-0.25, -0.2) is 0 Å². The first kappa shape index (κ1) is 36.4. The molecular weight excluding hydrogens is 654 g/mol. The summed E-state index contributed by atoms with van der Waals surface area (Å²) in [5, 5.41) is 26.8. The van der Waals surface area contributed by atoms with Crippen LogP contribution >= 0.6 is 14.5 Å². The van der Waals surface area contributed by atoms with E-state index in [0.717, 1.165) is 0 Å². The Labute approximate surface area is 297 Å². The molecule has 6 heteroatoms. The van der Waals surface area contributed by atoms with Gasteiger partial charge in [-0.3, -0.25) is 0 Å². The number of carbonyl (C=O) groups is 2. The van der Waals surface area contributed by atoms with Gasteiger partial charge in [-0.05, 0) is 98.5 Å². The van der Waals surface area contributed by atoms with E-state index in [1.54, 1.807) is 0 Å². The van der Waals surface area contributed by atoms with Crippen LogP contribution in [0.5, 0.6) is 0 Å². The molecular formula is C44H42O4P2. The maximum absolute atomic E-state index is 8.93. The average Bonchev–Trinajstić information content (AvgIpc) is 3.18. The Hall–Kier alpha value is -4.88. The van der Waals surface area contributed by atoms with Crippen molar-refractivity contribution in [1.29, 1.82) is 0 Å². The van der Waals surface area contributed by atoms with Crippen molar-refractivity contribution in [3.8, 4) is 0 Å². The predicted molar refractivity (Wildman–Crippen MR) is 209 cm³/mol. The van der Waals surface area contributed by atoms with Crippen molar-refractivity contribution in [2.45, 2.75) is 25.7 Å². The summed E-state index contributed by atoms with van der Waals surface area (Å²) in [7, 11) is -3.54. The number of unbranched alkanes of at least 4 members (excludes halogenated alkanes) is 3. The molecule has 0 atom stereocenters. The second kappa shape index (κ2) is 18.2. The van der Waals surface area contributed by atoms with E-state index in [2.05, 4.69) is 182 Å². The molecule has 6 aromatic rings. The van der Waals surface area contributed by atoms with E-state index < -0.39 is 26.5 Å². The fourth-order valence-electron chi connectivity index (χ4n) is 6.82. The molecule has 0 heterocycles. The zero-order chi connectivity index (χ0) is 35.1. The van der Waals surface area contributed by atoms with Crippen LogP contribution in [0.3, 0.4) is 0 Å². The monoisotopic (exact) mass is 696 g/mol. The lowest BCUT2D eigenvalue weighted by atomic mass is 10.2. The fourth-order valence-corrected chi connectivity index (χ4v) is 15.6. The van der Waals surface area contributed by atoms with Crippen LogP contribution in [0.4, 0.5) is 0 Å².